The van der Waals surface area contributed by atoms with Crippen LogP contribution in [0, 0.1) is 0 Å². The number of para-hydroxylation sites is 2. The molecular weight excluding hydrogens is 382 g/mol. The Morgan fingerprint density at radius 1 is 1.13 bits per heavy atom. The van der Waals surface area contributed by atoms with Gasteiger partial charge in [0.2, 0.25) is 0 Å². The zero-order valence-corrected chi connectivity index (χ0v) is 17.1. The van der Waals surface area contributed by atoms with Crippen LogP contribution in [-0.2, 0) is 20.7 Å². The summed E-state index contributed by atoms with van der Waals surface area (Å²) < 4.78 is 5.07. The van der Waals surface area contributed by atoms with E-state index in [-0.39, 0.29) is 25.0 Å². The van der Waals surface area contributed by atoms with Crippen LogP contribution >= 0.6 is 0 Å². The Morgan fingerprint density at radius 2 is 1.87 bits per heavy atom. The molecule has 2 N–H and O–H groups in total. The highest BCUT2D eigenvalue weighted by atomic mass is 16.5. The van der Waals surface area contributed by atoms with E-state index in [1.807, 2.05) is 24.3 Å². The number of H-pyrrole nitrogens is 1. The number of ether oxygens (including phenoxy) is 1. The third kappa shape index (κ3) is 5.31. The molecule has 3 rings (SSSR count). The number of carbonyl (C=O) groups is 2. The molecule has 0 unspecified atom stereocenters. The maximum absolute atomic E-state index is 12.2. The molecule has 0 aliphatic rings. The number of esters is 1. The lowest BCUT2D eigenvalue weighted by Crippen LogP contribution is -2.22. The highest BCUT2D eigenvalue weighted by molar-refractivity contribution is 5.93. The molecule has 0 fully saturated rings. The summed E-state index contributed by atoms with van der Waals surface area (Å²) in [5, 5.41) is 3.30. The van der Waals surface area contributed by atoms with E-state index in [0.29, 0.717) is 22.6 Å². The van der Waals surface area contributed by atoms with Gasteiger partial charge in [0.15, 0.2) is 6.61 Å². The molecular formula is C23H25N3O4. The molecule has 3 aromatic rings. The fraction of sp³-hybridized carbons (Fsp3) is 0.304. The van der Waals surface area contributed by atoms with E-state index >= 15 is 0 Å². The monoisotopic (exact) mass is 407 g/mol. The fourth-order valence-electron chi connectivity index (χ4n) is 3.14. The zero-order valence-electron chi connectivity index (χ0n) is 17.1. The first kappa shape index (κ1) is 21.2. The van der Waals surface area contributed by atoms with Gasteiger partial charge in [0.25, 0.3) is 11.5 Å². The van der Waals surface area contributed by atoms with Crippen molar-refractivity contribution in [2.75, 3.05) is 11.9 Å². The standard InChI is InChI=1S/C23H25N3O4/c1-3-15(2)16-8-4-6-10-18(16)25-21(27)14-30-22(28)13-12-20-24-19-11-7-5-9-17(19)23(29)26-20/h4-11,15H,3,12-14H2,1-2H3,(H,25,27)(H,24,26,29)/t15-/m0/s1. The Labute approximate surface area is 174 Å². The number of anilines is 1. The van der Waals surface area contributed by atoms with Crippen LogP contribution in [0.4, 0.5) is 5.69 Å². The summed E-state index contributed by atoms with van der Waals surface area (Å²) in [7, 11) is 0. The van der Waals surface area contributed by atoms with Crippen LogP contribution in [0.15, 0.2) is 53.3 Å². The molecule has 1 heterocycles. The minimum absolute atomic E-state index is 0.0119. The summed E-state index contributed by atoms with van der Waals surface area (Å²) in [5.74, 6) is -0.212. The molecule has 0 saturated heterocycles. The maximum atomic E-state index is 12.2. The van der Waals surface area contributed by atoms with Crippen LogP contribution in [0.5, 0.6) is 0 Å². The van der Waals surface area contributed by atoms with E-state index in [0.717, 1.165) is 17.7 Å². The van der Waals surface area contributed by atoms with Gasteiger partial charge in [0, 0.05) is 12.1 Å². The molecule has 2 aromatic carbocycles. The fourth-order valence-corrected chi connectivity index (χ4v) is 3.14. The minimum Gasteiger partial charge on any atom is -0.456 e. The summed E-state index contributed by atoms with van der Waals surface area (Å²) in [6.07, 6.45) is 1.18. The van der Waals surface area contributed by atoms with Crippen LogP contribution in [0.2, 0.25) is 0 Å². The van der Waals surface area contributed by atoms with E-state index < -0.39 is 11.9 Å². The second-order valence-electron chi connectivity index (χ2n) is 7.14. The molecule has 0 aliphatic heterocycles. The van der Waals surface area contributed by atoms with E-state index in [4.69, 9.17) is 4.74 Å². The number of aromatic nitrogens is 2. The maximum Gasteiger partial charge on any atom is 0.306 e. The van der Waals surface area contributed by atoms with Crippen molar-refractivity contribution in [3.8, 4) is 0 Å². The lowest BCUT2D eigenvalue weighted by atomic mass is 9.97. The summed E-state index contributed by atoms with van der Waals surface area (Å²) in [6.45, 7) is 3.81. The van der Waals surface area contributed by atoms with Crippen molar-refractivity contribution in [3.63, 3.8) is 0 Å². The van der Waals surface area contributed by atoms with Gasteiger partial charge in [-0.15, -0.1) is 0 Å². The van der Waals surface area contributed by atoms with Crippen molar-refractivity contribution >= 4 is 28.5 Å². The molecule has 156 valence electrons. The Morgan fingerprint density at radius 3 is 2.67 bits per heavy atom. The summed E-state index contributed by atoms with van der Waals surface area (Å²) in [6, 6.07) is 14.6. The van der Waals surface area contributed by atoms with Crippen LogP contribution in [0.3, 0.4) is 0 Å². The average molecular weight is 407 g/mol. The molecule has 0 saturated carbocycles. The molecule has 1 aromatic heterocycles. The third-order valence-corrected chi connectivity index (χ3v) is 4.97. The number of nitrogens with zero attached hydrogens (tertiary/aromatic N) is 1. The van der Waals surface area contributed by atoms with Gasteiger partial charge >= 0.3 is 5.97 Å². The SMILES string of the molecule is CC[C@H](C)c1ccccc1NC(=O)COC(=O)CCc1nc2ccccc2c(=O)[nH]1. The van der Waals surface area contributed by atoms with Gasteiger partial charge in [-0.25, -0.2) is 4.98 Å². The molecule has 0 radical (unpaired) electrons. The van der Waals surface area contributed by atoms with Crippen LogP contribution in [-0.4, -0.2) is 28.5 Å². The number of nitrogens with one attached hydrogen (secondary N) is 2. The summed E-state index contributed by atoms with van der Waals surface area (Å²) in [5.41, 5.74) is 2.10. The Balaban J connectivity index is 1.52. The first-order chi connectivity index (χ1) is 14.5. The molecule has 0 aliphatic carbocycles. The second kappa shape index (κ2) is 9.82. The third-order valence-electron chi connectivity index (χ3n) is 4.97. The summed E-state index contributed by atoms with van der Waals surface area (Å²) in [4.78, 5) is 43.3. The van der Waals surface area contributed by atoms with Gasteiger partial charge in [0.05, 0.1) is 17.3 Å². The van der Waals surface area contributed by atoms with Gasteiger partial charge < -0.3 is 15.0 Å². The van der Waals surface area contributed by atoms with Gasteiger partial charge in [-0.3, -0.25) is 14.4 Å². The lowest BCUT2D eigenvalue weighted by Gasteiger charge is -2.15. The topological polar surface area (TPSA) is 101 Å². The van der Waals surface area contributed by atoms with Gasteiger partial charge in [-0.2, -0.15) is 0 Å². The van der Waals surface area contributed by atoms with Crippen molar-refractivity contribution < 1.29 is 14.3 Å². The van der Waals surface area contributed by atoms with E-state index in [2.05, 4.69) is 29.1 Å². The first-order valence-corrected chi connectivity index (χ1v) is 10.00. The molecule has 1 amide bonds. The van der Waals surface area contributed by atoms with Crippen LogP contribution < -0.4 is 10.9 Å². The number of fused-ring (bicyclic) bond motifs is 1. The zero-order chi connectivity index (χ0) is 21.5. The molecule has 7 heteroatoms. The van der Waals surface area contributed by atoms with Gasteiger partial charge in [-0.1, -0.05) is 44.2 Å². The number of hydrogen-bond acceptors (Lipinski definition) is 5. The van der Waals surface area contributed by atoms with E-state index in [9.17, 15) is 14.4 Å². The van der Waals surface area contributed by atoms with Crippen molar-refractivity contribution in [1.29, 1.82) is 0 Å². The Kier molecular flexibility index (Phi) is 6.95. The average Bonchev–Trinajstić information content (AvgIpc) is 2.76. The number of carbonyl (C=O) groups excluding carboxylic acids is 2. The largest absolute Gasteiger partial charge is 0.456 e. The first-order valence-electron chi connectivity index (χ1n) is 10.00. The Hall–Kier alpha value is -3.48. The van der Waals surface area contributed by atoms with E-state index in [1.54, 1.807) is 24.3 Å². The normalized spacial score (nSPS) is 11.8. The highest BCUT2D eigenvalue weighted by Crippen LogP contribution is 2.26. The van der Waals surface area contributed by atoms with Crippen LogP contribution in [0.1, 0.15) is 44.0 Å². The smallest absolute Gasteiger partial charge is 0.306 e. The number of hydrogen-bond donors (Lipinski definition) is 2. The molecule has 0 spiro atoms. The highest BCUT2D eigenvalue weighted by Gasteiger charge is 2.13. The predicted octanol–water partition coefficient (Wildman–Crippen LogP) is 3.55. The molecule has 1 atom stereocenters. The van der Waals surface area contributed by atoms with Gasteiger partial charge in [0.1, 0.15) is 5.82 Å². The van der Waals surface area contributed by atoms with Crippen molar-refractivity contribution in [1.82, 2.24) is 9.97 Å². The predicted molar refractivity (Wildman–Crippen MR) is 115 cm³/mol. The lowest BCUT2D eigenvalue weighted by molar-refractivity contribution is -0.147. The molecule has 7 nitrogen and oxygen atoms in total. The summed E-state index contributed by atoms with van der Waals surface area (Å²) >= 11 is 0. The van der Waals surface area contributed by atoms with Crippen molar-refractivity contribution in [2.24, 2.45) is 0 Å². The molecule has 30 heavy (non-hydrogen) atoms. The van der Waals surface area contributed by atoms with Crippen LogP contribution in [0.25, 0.3) is 10.9 Å². The number of benzene rings is 2. The van der Waals surface area contributed by atoms with Crippen molar-refractivity contribution in [3.05, 3.63) is 70.3 Å². The number of aromatic amines is 1. The number of amides is 1. The van der Waals surface area contributed by atoms with Crippen molar-refractivity contribution in [2.45, 2.75) is 39.0 Å². The van der Waals surface area contributed by atoms with E-state index in [1.165, 1.54) is 0 Å². The number of rotatable bonds is 8. The minimum atomic E-state index is -0.531. The molecule has 0 bridgehead atoms. The number of aryl methyl sites for hydroxylation is 1. The van der Waals surface area contributed by atoms with Gasteiger partial charge in [-0.05, 0) is 36.1 Å². The quantitative estimate of drug-likeness (QED) is 0.556. The Bertz CT molecular complexity index is 1110. The second-order valence-corrected chi connectivity index (χ2v) is 7.14.